The molecule has 0 aromatic heterocycles. The van der Waals surface area contributed by atoms with Gasteiger partial charge in [-0.1, -0.05) is 190 Å². The molecule has 0 heterocycles. The lowest BCUT2D eigenvalue weighted by Crippen LogP contribution is -1.98. The Bertz CT molecular complexity index is 346. The first-order chi connectivity index (χ1) is 16.8. The summed E-state index contributed by atoms with van der Waals surface area (Å²) in [6, 6.07) is 0. The number of halogens is 1. The lowest BCUT2D eigenvalue weighted by molar-refractivity contribution is 0.518. The summed E-state index contributed by atoms with van der Waals surface area (Å²) in [5.41, 5.74) is 5.54. The molecule has 0 fully saturated rings. The first-order valence-corrected chi connectivity index (χ1v) is 17.1. The second-order valence-corrected chi connectivity index (χ2v) is 12.5. The standard InChI is InChI=1S/C32H66BrN/c1-2-3-4-5-6-7-8-9-10-11-14-17-20-23-26-29-32(33)30-27-24-21-18-15-12-13-16-19-22-25-28-31-34/h32H,2-31,34H2,1H3. The normalized spacial score (nSPS) is 12.4. The Balaban J connectivity index is 3.13. The lowest BCUT2D eigenvalue weighted by Gasteiger charge is -2.09. The van der Waals surface area contributed by atoms with Crippen LogP contribution in [0.4, 0.5) is 0 Å². The highest BCUT2D eigenvalue weighted by molar-refractivity contribution is 9.09. The van der Waals surface area contributed by atoms with Crippen molar-refractivity contribution in [2.75, 3.05) is 6.54 Å². The molecule has 0 aliphatic rings. The van der Waals surface area contributed by atoms with Gasteiger partial charge in [0.2, 0.25) is 0 Å². The van der Waals surface area contributed by atoms with E-state index in [1.807, 2.05) is 0 Å². The lowest BCUT2D eigenvalue weighted by atomic mass is 10.0. The Kier molecular flexibility index (Phi) is 31.9. The van der Waals surface area contributed by atoms with Gasteiger partial charge in [-0.25, -0.2) is 0 Å². The van der Waals surface area contributed by atoms with Gasteiger partial charge in [-0.15, -0.1) is 0 Å². The number of rotatable bonds is 30. The molecule has 1 unspecified atom stereocenters. The van der Waals surface area contributed by atoms with Gasteiger partial charge in [-0.2, -0.15) is 0 Å². The van der Waals surface area contributed by atoms with Crippen molar-refractivity contribution in [2.24, 2.45) is 5.73 Å². The topological polar surface area (TPSA) is 26.0 Å². The van der Waals surface area contributed by atoms with Crippen LogP contribution < -0.4 is 5.73 Å². The minimum atomic E-state index is 0.772. The summed E-state index contributed by atoms with van der Waals surface area (Å²) in [4.78, 5) is 0.772. The van der Waals surface area contributed by atoms with Crippen molar-refractivity contribution in [3.05, 3.63) is 0 Å². The van der Waals surface area contributed by atoms with Gasteiger partial charge >= 0.3 is 0 Å². The molecule has 34 heavy (non-hydrogen) atoms. The molecule has 0 aliphatic heterocycles. The first-order valence-electron chi connectivity index (χ1n) is 16.2. The second kappa shape index (κ2) is 31.5. The highest BCUT2D eigenvalue weighted by Gasteiger charge is 2.04. The van der Waals surface area contributed by atoms with E-state index < -0.39 is 0 Å². The van der Waals surface area contributed by atoms with E-state index in [4.69, 9.17) is 5.73 Å². The van der Waals surface area contributed by atoms with Gasteiger partial charge in [0.1, 0.15) is 0 Å². The van der Waals surface area contributed by atoms with Crippen LogP contribution in [0.2, 0.25) is 0 Å². The Hall–Kier alpha value is 0.440. The van der Waals surface area contributed by atoms with Crippen molar-refractivity contribution >= 4 is 15.9 Å². The third-order valence-corrected chi connectivity index (χ3v) is 8.51. The van der Waals surface area contributed by atoms with Crippen LogP contribution in [-0.4, -0.2) is 11.4 Å². The number of hydrogen-bond donors (Lipinski definition) is 1. The van der Waals surface area contributed by atoms with Crippen LogP contribution in [0.25, 0.3) is 0 Å². The summed E-state index contributed by atoms with van der Waals surface area (Å²) in [6.45, 7) is 3.17. The van der Waals surface area contributed by atoms with Gasteiger partial charge in [-0.05, 0) is 25.8 Å². The van der Waals surface area contributed by atoms with Gasteiger partial charge in [0.15, 0.2) is 0 Å². The van der Waals surface area contributed by atoms with Crippen molar-refractivity contribution in [3.8, 4) is 0 Å². The molecule has 0 radical (unpaired) electrons. The smallest absolute Gasteiger partial charge is 0.0145 e. The highest BCUT2D eigenvalue weighted by Crippen LogP contribution is 2.20. The van der Waals surface area contributed by atoms with Crippen molar-refractivity contribution in [2.45, 2.75) is 198 Å². The number of hydrogen-bond acceptors (Lipinski definition) is 1. The van der Waals surface area contributed by atoms with E-state index in [-0.39, 0.29) is 0 Å². The van der Waals surface area contributed by atoms with Gasteiger partial charge in [0.25, 0.3) is 0 Å². The van der Waals surface area contributed by atoms with Crippen LogP contribution >= 0.6 is 15.9 Å². The summed E-state index contributed by atoms with van der Waals surface area (Å²) >= 11 is 3.95. The van der Waals surface area contributed by atoms with Crippen LogP contribution in [0.1, 0.15) is 193 Å². The van der Waals surface area contributed by atoms with Crippen molar-refractivity contribution in [1.29, 1.82) is 0 Å². The molecule has 0 aromatic rings. The fourth-order valence-corrected chi connectivity index (χ4v) is 5.81. The summed E-state index contributed by atoms with van der Waals surface area (Å²) in [7, 11) is 0. The van der Waals surface area contributed by atoms with Crippen molar-refractivity contribution in [1.82, 2.24) is 0 Å². The van der Waals surface area contributed by atoms with E-state index in [1.54, 1.807) is 0 Å². The molecule has 2 N–H and O–H groups in total. The number of nitrogens with two attached hydrogens (primary N) is 1. The molecule has 0 aromatic carbocycles. The molecule has 206 valence electrons. The molecule has 0 aliphatic carbocycles. The SMILES string of the molecule is CCCCCCCCCCCCCCCCCC(Br)CCCCCCCCCCCCCCN. The van der Waals surface area contributed by atoms with E-state index in [2.05, 4.69) is 22.9 Å². The van der Waals surface area contributed by atoms with Gasteiger partial charge in [0.05, 0.1) is 0 Å². The van der Waals surface area contributed by atoms with E-state index in [0.717, 1.165) is 11.4 Å². The summed E-state index contributed by atoms with van der Waals surface area (Å²) in [5.74, 6) is 0. The molecule has 1 atom stereocenters. The quantitative estimate of drug-likeness (QED) is 0.0706. The van der Waals surface area contributed by atoms with Gasteiger partial charge in [-0.3, -0.25) is 0 Å². The van der Waals surface area contributed by atoms with Crippen LogP contribution in [0.3, 0.4) is 0 Å². The Morgan fingerprint density at radius 3 is 0.882 bits per heavy atom. The maximum absolute atomic E-state index is 5.54. The zero-order valence-electron chi connectivity index (χ0n) is 23.7. The largest absolute Gasteiger partial charge is 0.330 e. The van der Waals surface area contributed by atoms with E-state index in [0.29, 0.717) is 0 Å². The fraction of sp³-hybridized carbons (Fsp3) is 1.00. The molecular weight excluding hydrogens is 478 g/mol. The van der Waals surface area contributed by atoms with Crippen LogP contribution in [0.15, 0.2) is 0 Å². The van der Waals surface area contributed by atoms with Crippen molar-refractivity contribution < 1.29 is 0 Å². The molecule has 0 saturated carbocycles. The van der Waals surface area contributed by atoms with E-state index >= 15 is 0 Å². The van der Waals surface area contributed by atoms with Crippen LogP contribution in [0.5, 0.6) is 0 Å². The second-order valence-electron chi connectivity index (χ2n) is 11.2. The maximum atomic E-state index is 5.54. The van der Waals surface area contributed by atoms with Crippen LogP contribution in [0, 0.1) is 0 Å². The monoisotopic (exact) mass is 543 g/mol. The minimum Gasteiger partial charge on any atom is -0.330 e. The van der Waals surface area contributed by atoms with E-state index in [1.165, 1.54) is 186 Å². The predicted molar refractivity (Wildman–Crippen MR) is 161 cm³/mol. The van der Waals surface area contributed by atoms with E-state index in [9.17, 15) is 0 Å². The predicted octanol–water partition coefficient (Wildman–Crippen LogP) is 12.0. The molecule has 0 amide bonds. The van der Waals surface area contributed by atoms with Gasteiger partial charge in [0, 0.05) is 4.83 Å². The maximum Gasteiger partial charge on any atom is 0.0145 e. The average molecular weight is 545 g/mol. The molecular formula is C32H66BrN. The van der Waals surface area contributed by atoms with Crippen molar-refractivity contribution in [3.63, 3.8) is 0 Å². The minimum absolute atomic E-state index is 0.772. The third kappa shape index (κ3) is 30.5. The number of unbranched alkanes of at least 4 members (excludes halogenated alkanes) is 25. The highest BCUT2D eigenvalue weighted by atomic mass is 79.9. The molecule has 2 heteroatoms. The fourth-order valence-electron chi connectivity index (χ4n) is 5.16. The Morgan fingerprint density at radius 1 is 0.382 bits per heavy atom. The zero-order chi connectivity index (χ0) is 24.8. The molecule has 0 spiro atoms. The summed E-state index contributed by atoms with van der Waals surface area (Å²) in [5, 5.41) is 0. The molecule has 0 saturated heterocycles. The number of alkyl halides is 1. The third-order valence-electron chi connectivity index (χ3n) is 7.59. The first kappa shape index (κ1) is 34.4. The molecule has 0 bridgehead atoms. The van der Waals surface area contributed by atoms with Crippen LogP contribution in [-0.2, 0) is 0 Å². The summed E-state index contributed by atoms with van der Waals surface area (Å²) in [6.07, 6.45) is 41.6. The van der Waals surface area contributed by atoms with Gasteiger partial charge < -0.3 is 5.73 Å². The Labute approximate surface area is 225 Å². The average Bonchev–Trinajstić information content (AvgIpc) is 2.84. The Morgan fingerprint density at radius 2 is 0.618 bits per heavy atom. The summed E-state index contributed by atoms with van der Waals surface area (Å²) < 4.78 is 0. The zero-order valence-corrected chi connectivity index (χ0v) is 25.3. The molecule has 0 rings (SSSR count). The molecule has 1 nitrogen and oxygen atoms in total.